The third-order valence-corrected chi connectivity index (χ3v) is 1.81. The first-order valence-corrected chi connectivity index (χ1v) is 4.05. The van der Waals surface area contributed by atoms with Gasteiger partial charge < -0.3 is 10.5 Å². The van der Waals surface area contributed by atoms with Crippen LogP contribution in [-0.2, 0) is 11.2 Å². The molecular formula is C10H13NO2. The molecule has 0 aliphatic carbocycles. The highest BCUT2D eigenvalue weighted by Gasteiger charge is 2.05. The maximum Gasteiger partial charge on any atom is 0.221 e. The second-order valence-electron chi connectivity index (χ2n) is 2.96. The fourth-order valence-corrected chi connectivity index (χ4v) is 1.19. The van der Waals surface area contributed by atoms with E-state index in [4.69, 9.17) is 10.5 Å². The maximum absolute atomic E-state index is 10.7. The largest absolute Gasteiger partial charge is 0.496 e. The number of aryl methyl sites for hydroxylation is 1. The first-order chi connectivity index (χ1) is 6.13. The van der Waals surface area contributed by atoms with Crippen molar-refractivity contribution in [2.45, 2.75) is 13.3 Å². The van der Waals surface area contributed by atoms with Gasteiger partial charge in [0.1, 0.15) is 5.75 Å². The van der Waals surface area contributed by atoms with E-state index in [0.717, 1.165) is 16.9 Å². The van der Waals surface area contributed by atoms with Gasteiger partial charge in [-0.05, 0) is 18.6 Å². The minimum Gasteiger partial charge on any atom is -0.496 e. The molecule has 0 aliphatic rings. The lowest BCUT2D eigenvalue weighted by Crippen LogP contribution is -2.14. The van der Waals surface area contributed by atoms with Gasteiger partial charge in [0.15, 0.2) is 0 Å². The van der Waals surface area contributed by atoms with E-state index in [-0.39, 0.29) is 12.3 Å². The second kappa shape index (κ2) is 3.94. The molecule has 0 aromatic heterocycles. The Morgan fingerprint density at radius 2 is 2.23 bits per heavy atom. The Labute approximate surface area is 77.5 Å². The Kier molecular flexibility index (Phi) is 2.90. The van der Waals surface area contributed by atoms with Gasteiger partial charge >= 0.3 is 0 Å². The van der Waals surface area contributed by atoms with E-state index in [0.29, 0.717) is 0 Å². The molecule has 3 heteroatoms. The van der Waals surface area contributed by atoms with Crippen LogP contribution in [0.2, 0.25) is 0 Å². The van der Waals surface area contributed by atoms with Gasteiger partial charge in [-0.15, -0.1) is 0 Å². The van der Waals surface area contributed by atoms with Gasteiger partial charge in [0, 0.05) is 5.56 Å². The van der Waals surface area contributed by atoms with Gasteiger partial charge in [0.25, 0.3) is 0 Å². The Bertz CT molecular complexity index is 321. The standard InChI is InChI=1S/C10H13NO2/c1-7-3-4-8(6-10(11)12)9(5-7)13-2/h3-5H,6H2,1-2H3,(H2,11,12). The van der Waals surface area contributed by atoms with E-state index in [9.17, 15) is 4.79 Å². The summed E-state index contributed by atoms with van der Waals surface area (Å²) in [7, 11) is 1.58. The highest BCUT2D eigenvalue weighted by atomic mass is 16.5. The molecule has 0 radical (unpaired) electrons. The first kappa shape index (κ1) is 9.58. The number of hydrogen-bond acceptors (Lipinski definition) is 2. The molecule has 0 saturated carbocycles. The van der Waals surface area contributed by atoms with Gasteiger partial charge in [-0.25, -0.2) is 0 Å². The average Bonchev–Trinajstić information content (AvgIpc) is 2.07. The van der Waals surface area contributed by atoms with Crippen LogP contribution in [0.15, 0.2) is 18.2 Å². The first-order valence-electron chi connectivity index (χ1n) is 4.05. The molecule has 1 aromatic rings. The number of primary amides is 1. The number of carbonyl (C=O) groups excluding carboxylic acids is 1. The van der Waals surface area contributed by atoms with Crippen LogP contribution in [0.4, 0.5) is 0 Å². The van der Waals surface area contributed by atoms with Crippen LogP contribution in [0.25, 0.3) is 0 Å². The Morgan fingerprint density at radius 3 is 2.77 bits per heavy atom. The van der Waals surface area contributed by atoms with E-state index in [1.807, 2.05) is 25.1 Å². The summed E-state index contributed by atoms with van der Waals surface area (Å²) in [6.07, 6.45) is 0.226. The molecule has 1 amide bonds. The van der Waals surface area contributed by atoms with Crippen molar-refractivity contribution in [3.05, 3.63) is 29.3 Å². The number of hydrogen-bond donors (Lipinski definition) is 1. The van der Waals surface area contributed by atoms with Crippen LogP contribution in [0.3, 0.4) is 0 Å². The minimum absolute atomic E-state index is 0.226. The molecule has 0 aliphatic heterocycles. The number of carbonyl (C=O) groups is 1. The number of nitrogens with two attached hydrogens (primary N) is 1. The summed E-state index contributed by atoms with van der Waals surface area (Å²) < 4.78 is 5.12. The average molecular weight is 179 g/mol. The van der Waals surface area contributed by atoms with Crippen LogP contribution in [0, 0.1) is 6.92 Å². The summed E-state index contributed by atoms with van der Waals surface area (Å²) in [5.74, 6) is 0.376. The zero-order valence-electron chi connectivity index (χ0n) is 7.83. The quantitative estimate of drug-likeness (QED) is 0.753. The molecule has 0 bridgehead atoms. The van der Waals surface area contributed by atoms with Crippen LogP contribution in [0.1, 0.15) is 11.1 Å². The Hall–Kier alpha value is -1.51. The van der Waals surface area contributed by atoms with Crippen molar-refractivity contribution in [1.82, 2.24) is 0 Å². The van der Waals surface area contributed by atoms with Crippen molar-refractivity contribution in [2.24, 2.45) is 5.73 Å². The van der Waals surface area contributed by atoms with Crippen LogP contribution in [-0.4, -0.2) is 13.0 Å². The molecule has 0 fully saturated rings. The van der Waals surface area contributed by atoms with Crippen LogP contribution < -0.4 is 10.5 Å². The van der Waals surface area contributed by atoms with Crippen molar-refractivity contribution in [1.29, 1.82) is 0 Å². The topological polar surface area (TPSA) is 52.3 Å². The summed E-state index contributed by atoms with van der Waals surface area (Å²) in [5.41, 5.74) is 7.03. The smallest absolute Gasteiger partial charge is 0.221 e. The zero-order valence-corrected chi connectivity index (χ0v) is 7.83. The van der Waals surface area contributed by atoms with E-state index in [1.165, 1.54) is 0 Å². The van der Waals surface area contributed by atoms with Gasteiger partial charge in [-0.1, -0.05) is 12.1 Å². The summed E-state index contributed by atoms with van der Waals surface area (Å²) >= 11 is 0. The Morgan fingerprint density at radius 1 is 1.54 bits per heavy atom. The summed E-state index contributed by atoms with van der Waals surface area (Å²) in [6.45, 7) is 1.97. The summed E-state index contributed by atoms with van der Waals surface area (Å²) in [6, 6.07) is 5.68. The fraction of sp³-hybridized carbons (Fsp3) is 0.300. The number of amides is 1. The SMILES string of the molecule is COc1cc(C)ccc1CC(N)=O. The normalized spacial score (nSPS) is 9.69. The third kappa shape index (κ3) is 2.47. The maximum atomic E-state index is 10.7. The number of methoxy groups -OCH3 is 1. The molecule has 0 spiro atoms. The van der Waals surface area contributed by atoms with Crippen molar-refractivity contribution in [2.75, 3.05) is 7.11 Å². The van der Waals surface area contributed by atoms with E-state index in [2.05, 4.69) is 0 Å². The lowest BCUT2D eigenvalue weighted by Gasteiger charge is -2.07. The number of benzene rings is 1. The van der Waals surface area contributed by atoms with Gasteiger partial charge in [0.05, 0.1) is 13.5 Å². The molecular weight excluding hydrogens is 166 g/mol. The molecule has 1 aromatic carbocycles. The van der Waals surface area contributed by atoms with E-state index >= 15 is 0 Å². The summed E-state index contributed by atoms with van der Waals surface area (Å²) in [5, 5.41) is 0. The third-order valence-electron chi connectivity index (χ3n) is 1.81. The highest BCUT2D eigenvalue weighted by molar-refractivity contribution is 5.77. The molecule has 3 nitrogen and oxygen atoms in total. The van der Waals surface area contributed by atoms with Gasteiger partial charge in [-0.2, -0.15) is 0 Å². The predicted molar refractivity (Wildman–Crippen MR) is 50.6 cm³/mol. The van der Waals surface area contributed by atoms with Crippen molar-refractivity contribution in [3.8, 4) is 5.75 Å². The van der Waals surface area contributed by atoms with Crippen molar-refractivity contribution < 1.29 is 9.53 Å². The fourth-order valence-electron chi connectivity index (χ4n) is 1.19. The lowest BCUT2D eigenvalue weighted by atomic mass is 10.1. The van der Waals surface area contributed by atoms with E-state index < -0.39 is 0 Å². The molecule has 0 unspecified atom stereocenters. The molecule has 0 heterocycles. The monoisotopic (exact) mass is 179 g/mol. The molecule has 1 rings (SSSR count). The van der Waals surface area contributed by atoms with Crippen molar-refractivity contribution >= 4 is 5.91 Å². The van der Waals surface area contributed by atoms with Crippen LogP contribution >= 0.6 is 0 Å². The van der Waals surface area contributed by atoms with E-state index in [1.54, 1.807) is 7.11 Å². The molecule has 0 saturated heterocycles. The molecule has 0 atom stereocenters. The number of ether oxygens (including phenoxy) is 1. The lowest BCUT2D eigenvalue weighted by molar-refractivity contribution is -0.117. The van der Waals surface area contributed by atoms with Crippen molar-refractivity contribution in [3.63, 3.8) is 0 Å². The zero-order chi connectivity index (χ0) is 9.84. The molecule has 2 N–H and O–H groups in total. The van der Waals surface area contributed by atoms with Crippen LogP contribution in [0.5, 0.6) is 5.75 Å². The number of rotatable bonds is 3. The minimum atomic E-state index is -0.345. The molecule has 13 heavy (non-hydrogen) atoms. The predicted octanol–water partition coefficient (Wildman–Crippen LogP) is 1.03. The van der Waals surface area contributed by atoms with Gasteiger partial charge in [0.2, 0.25) is 5.91 Å². The highest BCUT2D eigenvalue weighted by Crippen LogP contribution is 2.19. The second-order valence-corrected chi connectivity index (χ2v) is 2.96. The summed E-state index contributed by atoms with van der Waals surface area (Å²) in [4.78, 5) is 10.7. The van der Waals surface area contributed by atoms with Gasteiger partial charge in [-0.3, -0.25) is 4.79 Å². The Balaban J connectivity index is 2.99. The molecule has 70 valence electrons.